The summed E-state index contributed by atoms with van der Waals surface area (Å²) in [4.78, 5) is 4.37. The van der Waals surface area contributed by atoms with Crippen LogP contribution in [0.1, 0.15) is 52.3 Å². The van der Waals surface area contributed by atoms with Gasteiger partial charge in [0.15, 0.2) is 5.82 Å². The Morgan fingerprint density at radius 1 is 1.38 bits per heavy atom. The fourth-order valence-corrected chi connectivity index (χ4v) is 1.51. The Hall–Kier alpha value is -0.900. The molecule has 4 heteroatoms. The van der Waals surface area contributed by atoms with Gasteiger partial charge in [0, 0.05) is 18.9 Å². The molecule has 1 heterocycles. The van der Waals surface area contributed by atoms with Crippen LogP contribution in [0, 0.1) is 5.41 Å². The first-order valence-electron chi connectivity index (χ1n) is 5.94. The van der Waals surface area contributed by atoms with Crippen LogP contribution in [0.2, 0.25) is 0 Å². The van der Waals surface area contributed by atoms with Gasteiger partial charge in [0.1, 0.15) is 0 Å². The summed E-state index contributed by atoms with van der Waals surface area (Å²) in [6, 6.07) is 0.247. The highest BCUT2D eigenvalue weighted by molar-refractivity contribution is 4.90. The summed E-state index contributed by atoms with van der Waals surface area (Å²) in [6.45, 7) is 8.51. The van der Waals surface area contributed by atoms with Crippen LogP contribution in [-0.2, 0) is 12.8 Å². The molecular formula is C12H23N3O. The maximum atomic E-state index is 5.68. The second-order valence-corrected chi connectivity index (χ2v) is 5.71. The van der Waals surface area contributed by atoms with E-state index in [0.29, 0.717) is 0 Å². The summed E-state index contributed by atoms with van der Waals surface area (Å²) in [6.07, 6.45) is 3.69. The number of nitrogens with two attached hydrogens (primary N) is 1. The Morgan fingerprint density at radius 3 is 2.62 bits per heavy atom. The Balaban J connectivity index is 2.40. The van der Waals surface area contributed by atoms with Gasteiger partial charge in [-0.25, -0.2) is 0 Å². The SMILES string of the molecule is CC(N)CCCc1nc(CC(C)(C)C)no1. The normalized spacial score (nSPS) is 14.1. The number of aryl methyl sites for hydroxylation is 1. The molecule has 1 unspecified atom stereocenters. The molecule has 0 saturated heterocycles. The van der Waals surface area contributed by atoms with E-state index in [1.54, 1.807) is 0 Å². The van der Waals surface area contributed by atoms with E-state index in [1.165, 1.54) is 0 Å². The third-order valence-corrected chi connectivity index (χ3v) is 2.25. The molecule has 1 atom stereocenters. The molecule has 0 fully saturated rings. The number of nitrogens with zero attached hydrogens (tertiary/aromatic N) is 2. The molecule has 0 bridgehead atoms. The fraction of sp³-hybridized carbons (Fsp3) is 0.833. The van der Waals surface area contributed by atoms with Gasteiger partial charge >= 0.3 is 0 Å². The zero-order chi connectivity index (χ0) is 12.2. The first-order chi connectivity index (χ1) is 7.37. The predicted octanol–water partition coefficient (Wildman–Crippen LogP) is 2.33. The van der Waals surface area contributed by atoms with E-state index in [4.69, 9.17) is 10.3 Å². The van der Waals surface area contributed by atoms with Crippen molar-refractivity contribution >= 4 is 0 Å². The van der Waals surface area contributed by atoms with Gasteiger partial charge in [-0.15, -0.1) is 0 Å². The molecule has 1 rings (SSSR count). The Labute approximate surface area is 97.6 Å². The largest absolute Gasteiger partial charge is 0.339 e. The summed E-state index contributed by atoms with van der Waals surface area (Å²) >= 11 is 0. The highest BCUT2D eigenvalue weighted by atomic mass is 16.5. The lowest BCUT2D eigenvalue weighted by molar-refractivity contribution is 0.351. The molecular weight excluding hydrogens is 202 g/mol. The van der Waals surface area contributed by atoms with Crippen molar-refractivity contribution in [2.24, 2.45) is 11.1 Å². The van der Waals surface area contributed by atoms with Crippen LogP contribution < -0.4 is 5.73 Å². The Bertz CT molecular complexity index is 312. The number of hydrogen-bond donors (Lipinski definition) is 1. The van der Waals surface area contributed by atoms with Crippen LogP contribution in [0.15, 0.2) is 4.52 Å². The second-order valence-electron chi connectivity index (χ2n) is 5.71. The van der Waals surface area contributed by atoms with Gasteiger partial charge in [-0.3, -0.25) is 0 Å². The van der Waals surface area contributed by atoms with Crippen molar-refractivity contribution in [1.29, 1.82) is 0 Å². The van der Waals surface area contributed by atoms with Crippen LogP contribution in [0.25, 0.3) is 0 Å². The molecule has 92 valence electrons. The molecule has 0 aliphatic heterocycles. The summed E-state index contributed by atoms with van der Waals surface area (Å²) < 4.78 is 5.19. The quantitative estimate of drug-likeness (QED) is 0.835. The molecule has 2 N–H and O–H groups in total. The average Bonchev–Trinajstić information content (AvgIpc) is 2.48. The predicted molar refractivity (Wildman–Crippen MR) is 64.0 cm³/mol. The molecule has 1 aromatic heterocycles. The molecule has 16 heavy (non-hydrogen) atoms. The van der Waals surface area contributed by atoms with Crippen LogP contribution in [0.5, 0.6) is 0 Å². The summed E-state index contributed by atoms with van der Waals surface area (Å²) in [5.41, 5.74) is 5.88. The van der Waals surface area contributed by atoms with Gasteiger partial charge in [-0.05, 0) is 25.2 Å². The molecule has 0 saturated carbocycles. The van der Waals surface area contributed by atoms with E-state index < -0.39 is 0 Å². The average molecular weight is 225 g/mol. The maximum Gasteiger partial charge on any atom is 0.226 e. The van der Waals surface area contributed by atoms with Crippen LogP contribution in [0.3, 0.4) is 0 Å². The molecule has 0 aliphatic rings. The van der Waals surface area contributed by atoms with Gasteiger partial charge in [-0.2, -0.15) is 4.98 Å². The van der Waals surface area contributed by atoms with Crippen molar-refractivity contribution in [2.75, 3.05) is 0 Å². The van der Waals surface area contributed by atoms with Crippen molar-refractivity contribution in [3.05, 3.63) is 11.7 Å². The second kappa shape index (κ2) is 5.43. The van der Waals surface area contributed by atoms with Gasteiger partial charge in [0.05, 0.1) is 0 Å². The summed E-state index contributed by atoms with van der Waals surface area (Å²) in [7, 11) is 0. The smallest absolute Gasteiger partial charge is 0.226 e. The third kappa shape index (κ3) is 5.26. The topological polar surface area (TPSA) is 64.9 Å². The van der Waals surface area contributed by atoms with Crippen LogP contribution >= 0.6 is 0 Å². The highest BCUT2D eigenvalue weighted by Crippen LogP contribution is 2.18. The van der Waals surface area contributed by atoms with E-state index in [2.05, 4.69) is 30.9 Å². The Morgan fingerprint density at radius 2 is 2.06 bits per heavy atom. The summed E-state index contributed by atoms with van der Waals surface area (Å²) in [5.74, 6) is 1.54. The van der Waals surface area contributed by atoms with E-state index >= 15 is 0 Å². The molecule has 0 radical (unpaired) electrons. The minimum atomic E-state index is 0.201. The zero-order valence-corrected chi connectivity index (χ0v) is 10.8. The minimum Gasteiger partial charge on any atom is -0.339 e. The van der Waals surface area contributed by atoms with Gasteiger partial charge in [0.25, 0.3) is 0 Å². The lowest BCUT2D eigenvalue weighted by Crippen LogP contribution is -2.14. The first-order valence-corrected chi connectivity index (χ1v) is 5.94. The number of rotatable bonds is 5. The molecule has 0 spiro atoms. The maximum absolute atomic E-state index is 5.68. The van der Waals surface area contributed by atoms with Crippen molar-refractivity contribution in [3.8, 4) is 0 Å². The van der Waals surface area contributed by atoms with E-state index in [1.807, 2.05) is 6.92 Å². The standard InChI is InChI=1S/C12H23N3O/c1-9(13)6-5-7-11-14-10(15-16-11)8-12(2,3)4/h9H,5-8,13H2,1-4H3. The highest BCUT2D eigenvalue weighted by Gasteiger charge is 2.16. The van der Waals surface area contributed by atoms with E-state index in [0.717, 1.165) is 37.4 Å². The number of hydrogen-bond acceptors (Lipinski definition) is 4. The van der Waals surface area contributed by atoms with Crippen molar-refractivity contribution in [3.63, 3.8) is 0 Å². The zero-order valence-electron chi connectivity index (χ0n) is 10.8. The van der Waals surface area contributed by atoms with Gasteiger partial charge in [0.2, 0.25) is 5.89 Å². The van der Waals surface area contributed by atoms with Crippen LogP contribution in [-0.4, -0.2) is 16.2 Å². The molecule has 0 aliphatic carbocycles. The summed E-state index contributed by atoms with van der Waals surface area (Å²) in [5, 5.41) is 3.98. The van der Waals surface area contributed by atoms with Gasteiger partial charge < -0.3 is 10.3 Å². The molecule has 0 aromatic carbocycles. The lowest BCUT2D eigenvalue weighted by Gasteiger charge is -2.14. The third-order valence-electron chi connectivity index (χ3n) is 2.25. The van der Waals surface area contributed by atoms with E-state index in [-0.39, 0.29) is 11.5 Å². The number of aromatic nitrogens is 2. The first kappa shape index (κ1) is 13.2. The molecule has 1 aromatic rings. The lowest BCUT2D eigenvalue weighted by atomic mass is 9.92. The fourth-order valence-electron chi connectivity index (χ4n) is 1.51. The van der Waals surface area contributed by atoms with Gasteiger partial charge in [-0.1, -0.05) is 25.9 Å². The van der Waals surface area contributed by atoms with Crippen molar-refractivity contribution < 1.29 is 4.52 Å². The van der Waals surface area contributed by atoms with Crippen molar-refractivity contribution in [2.45, 2.75) is 59.4 Å². The van der Waals surface area contributed by atoms with Crippen LogP contribution in [0.4, 0.5) is 0 Å². The van der Waals surface area contributed by atoms with E-state index in [9.17, 15) is 0 Å². The Kier molecular flexibility index (Phi) is 4.47. The minimum absolute atomic E-state index is 0.201. The molecule has 4 nitrogen and oxygen atoms in total. The molecule has 0 amide bonds. The monoisotopic (exact) mass is 225 g/mol. The van der Waals surface area contributed by atoms with Crippen molar-refractivity contribution in [1.82, 2.24) is 10.1 Å².